The van der Waals surface area contributed by atoms with E-state index >= 15 is 0 Å². The first-order valence-corrected chi connectivity index (χ1v) is 14.3. The van der Waals surface area contributed by atoms with Crippen molar-refractivity contribution in [1.29, 1.82) is 0 Å². The van der Waals surface area contributed by atoms with Crippen molar-refractivity contribution in [2.45, 2.75) is 12.5 Å². The summed E-state index contributed by atoms with van der Waals surface area (Å²) in [6.45, 7) is 3.65. The summed E-state index contributed by atoms with van der Waals surface area (Å²) < 4.78 is 19.0. The van der Waals surface area contributed by atoms with E-state index in [1.807, 2.05) is 66.5 Å². The van der Waals surface area contributed by atoms with Crippen molar-refractivity contribution >= 4 is 23.2 Å². The van der Waals surface area contributed by atoms with E-state index in [1.165, 1.54) is 0 Å². The Bertz CT molecular complexity index is 1650. The lowest BCUT2D eigenvalue weighted by atomic mass is 9.90. The predicted molar refractivity (Wildman–Crippen MR) is 156 cm³/mol. The number of amides is 1. The summed E-state index contributed by atoms with van der Waals surface area (Å²) in [5, 5.41) is 13.6. The van der Waals surface area contributed by atoms with Gasteiger partial charge < -0.3 is 24.0 Å². The van der Waals surface area contributed by atoms with Crippen LogP contribution in [0.2, 0.25) is 5.02 Å². The number of hydrogen-bond donors (Lipinski definition) is 0. The monoisotopic (exact) mass is 587 g/mol. The van der Waals surface area contributed by atoms with Gasteiger partial charge in [-0.2, -0.15) is 4.68 Å². The normalized spacial score (nSPS) is 18.2. The quantitative estimate of drug-likeness (QED) is 0.347. The zero-order valence-electron chi connectivity index (χ0n) is 23.4. The van der Waals surface area contributed by atoms with Crippen LogP contribution in [0, 0.1) is 0 Å². The number of rotatable bonds is 5. The first-order chi connectivity index (χ1) is 20.5. The number of piperazine rings is 1. The van der Waals surface area contributed by atoms with Gasteiger partial charge in [0, 0.05) is 54.6 Å². The van der Waals surface area contributed by atoms with Gasteiger partial charge in [0.2, 0.25) is 12.5 Å². The maximum Gasteiger partial charge on any atom is 0.254 e. The zero-order valence-corrected chi connectivity index (χ0v) is 24.1. The van der Waals surface area contributed by atoms with E-state index in [1.54, 1.807) is 11.8 Å². The lowest BCUT2D eigenvalue weighted by Crippen LogP contribution is -2.48. The number of aromatic nitrogens is 4. The number of methoxy groups -OCH3 is 1. The highest BCUT2D eigenvalue weighted by atomic mass is 35.5. The van der Waals surface area contributed by atoms with Gasteiger partial charge in [0.15, 0.2) is 17.3 Å². The molecule has 7 rings (SSSR count). The highest BCUT2D eigenvalue weighted by Gasteiger charge is 2.38. The Morgan fingerprint density at radius 2 is 1.81 bits per heavy atom. The Kier molecular flexibility index (Phi) is 6.83. The van der Waals surface area contributed by atoms with E-state index in [-0.39, 0.29) is 18.7 Å². The average molecular weight is 588 g/mol. The summed E-state index contributed by atoms with van der Waals surface area (Å²) in [7, 11) is 3.68. The number of halogens is 1. The first kappa shape index (κ1) is 26.5. The molecule has 12 heteroatoms. The smallest absolute Gasteiger partial charge is 0.254 e. The van der Waals surface area contributed by atoms with E-state index in [9.17, 15) is 4.79 Å². The molecule has 0 radical (unpaired) electrons. The second kappa shape index (κ2) is 10.8. The van der Waals surface area contributed by atoms with Crippen LogP contribution >= 0.6 is 11.6 Å². The third kappa shape index (κ3) is 4.58. The van der Waals surface area contributed by atoms with Crippen LogP contribution in [-0.4, -0.2) is 89.6 Å². The summed E-state index contributed by atoms with van der Waals surface area (Å²) in [6.07, 6.45) is 0.825. The van der Waals surface area contributed by atoms with Gasteiger partial charge in [-0.15, -0.1) is 5.10 Å². The topological polar surface area (TPSA) is 98.1 Å². The fraction of sp³-hybridized carbons (Fsp3) is 0.333. The van der Waals surface area contributed by atoms with E-state index in [0.29, 0.717) is 52.4 Å². The number of nitrogens with zero attached hydrogens (tertiary/aromatic N) is 7. The molecule has 4 heterocycles. The molecule has 1 saturated heterocycles. The van der Waals surface area contributed by atoms with Gasteiger partial charge in [-0.3, -0.25) is 9.69 Å². The predicted octanol–water partition coefficient (Wildman–Crippen LogP) is 3.59. The van der Waals surface area contributed by atoms with Crippen LogP contribution in [0.4, 0.5) is 5.69 Å². The van der Waals surface area contributed by atoms with Crippen LogP contribution in [0.25, 0.3) is 5.69 Å². The van der Waals surface area contributed by atoms with Gasteiger partial charge in [-0.05, 0) is 71.9 Å². The lowest BCUT2D eigenvalue weighted by Gasteiger charge is -2.36. The largest absolute Gasteiger partial charge is 0.492 e. The SMILES string of the molecule is COc1c2c(cc3c1[C@H](c1nnnn1-c1cccc(C(=O)N4CCN(c5cccc(Cl)c5)CC4)c1)N(C)CC3)OCO2. The molecule has 0 aliphatic carbocycles. The molecular formula is C30H30ClN7O4. The van der Waals surface area contributed by atoms with Gasteiger partial charge in [0.05, 0.1) is 12.8 Å². The summed E-state index contributed by atoms with van der Waals surface area (Å²) in [5.74, 6) is 2.51. The highest BCUT2D eigenvalue weighted by molar-refractivity contribution is 6.30. The second-order valence-electron chi connectivity index (χ2n) is 10.6. The summed E-state index contributed by atoms with van der Waals surface area (Å²) in [6, 6.07) is 17.0. The molecule has 4 aromatic rings. The van der Waals surface area contributed by atoms with Crippen LogP contribution < -0.4 is 19.1 Å². The molecule has 0 unspecified atom stereocenters. The third-order valence-electron chi connectivity index (χ3n) is 8.21. The van der Waals surface area contributed by atoms with Crippen molar-refractivity contribution in [3.63, 3.8) is 0 Å². The van der Waals surface area contributed by atoms with Crippen LogP contribution in [0.5, 0.6) is 17.2 Å². The van der Waals surface area contributed by atoms with Crippen molar-refractivity contribution < 1.29 is 19.0 Å². The van der Waals surface area contributed by atoms with Crippen molar-refractivity contribution in [2.75, 3.05) is 58.6 Å². The molecule has 3 aliphatic heterocycles. The fourth-order valence-electron chi connectivity index (χ4n) is 6.10. The Labute approximate surface area is 248 Å². The van der Waals surface area contributed by atoms with E-state index < -0.39 is 0 Å². The number of fused-ring (bicyclic) bond motifs is 2. The molecule has 1 fully saturated rings. The minimum Gasteiger partial charge on any atom is -0.492 e. The van der Waals surface area contributed by atoms with Crippen molar-refractivity contribution in [3.8, 4) is 22.9 Å². The van der Waals surface area contributed by atoms with Crippen LogP contribution in [0.15, 0.2) is 54.6 Å². The Morgan fingerprint density at radius 1 is 1.00 bits per heavy atom. The van der Waals surface area contributed by atoms with Gasteiger partial charge >= 0.3 is 0 Å². The Balaban J connectivity index is 1.16. The molecule has 1 amide bonds. The van der Waals surface area contributed by atoms with Crippen LogP contribution in [0.1, 0.15) is 33.4 Å². The molecule has 11 nitrogen and oxygen atoms in total. The summed E-state index contributed by atoms with van der Waals surface area (Å²) in [5.41, 5.74) is 4.42. The molecule has 3 aliphatic rings. The molecule has 216 valence electrons. The number of tetrazole rings is 1. The minimum atomic E-state index is -0.299. The standard InChI is InChI=1S/C30H30ClN7O4/c1-35-10-9-19-16-24-27(42-18-41-24)28(40-2)25(19)26(35)29-32-33-34-38(29)23-8-3-5-20(15-23)30(39)37-13-11-36(12-14-37)22-7-4-6-21(31)17-22/h3-8,15-17,26H,9-14,18H2,1-2H3/t26-/m1/s1. The molecule has 1 atom stereocenters. The zero-order chi connectivity index (χ0) is 28.8. The highest BCUT2D eigenvalue weighted by Crippen LogP contribution is 2.50. The van der Waals surface area contributed by atoms with Crippen molar-refractivity contribution in [3.05, 3.63) is 82.1 Å². The van der Waals surface area contributed by atoms with Gasteiger partial charge in [0.1, 0.15) is 6.04 Å². The number of carbonyl (C=O) groups excluding carboxylic acids is 1. The average Bonchev–Trinajstić information content (AvgIpc) is 3.70. The lowest BCUT2D eigenvalue weighted by molar-refractivity contribution is 0.0746. The second-order valence-corrected chi connectivity index (χ2v) is 11.0. The van der Waals surface area contributed by atoms with Gasteiger partial charge in [-0.1, -0.05) is 23.7 Å². The Hall–Kier alpha value is -4.35. The minimum absolute atomic E-state index is 0.0215. The van der Waals surface area contributed by atoms with Crippen LogP contribution in [0.3, 0.4) is 0 Å². The van der Waals surface area contributed by atoms with Crippen molar-refractivity contribution in [1.82, 2.24) is 30.0 Å². The Morgan fingerprint density at radius 3 is 2.62 bits per heavy atom. The molecular weight excluding hydrogens is 558 g/mol. The third-order valence-corrected chi connectivity index (χ3v) is 8.45. The summed E-state index contributed by atoms with van der Waals surface area (Å²) in [4.78, 5) is 19.9. The first-order valence-electron chi connectivity index (χ1n) is 13.9. The number of hydrogen-bond acceptors (Lipinski definition) is 9. The molecule has 42 heavy (non-hydrogen) atoms. The molecule has 3 aromatic carbocycles. The summed E-state index contributed by atoms with van der Waals surface area (Å²) >= 11 is 6.18. The van der Waals surface area contributed by atoms with Crippen molar-refractivity contribution in [2.24, 2.45) is 0 Å². The molecule has 0 bridgehead atoms. The number of benzene rings is 3. The van der Waals surface area contributed by atoms with Gasteiger partial charge in [0.25, 0.3) is 5.91 Å². The van der Waals surface area contributed by atoms with E-state index in [0.717, 1.165) is 42.9 Å². The van der Waals surface area contributed by atoms with E-state index in [2.05, 4.69) is 25.3 Å². The maximum absolute atomic E-state index is 13.6. The number of carbonyl (C=O) groups is 1. The number of likely N-dealkylation sites (N-methyl/N-ethyl adjacent to an activating group) is 1. The number of anilines is 1. The molecule has 0 saturated carbocycles. The van der Waals surface area contributed by atoms with Gasteiger partial charge in [-0.25, -0.2) is 0 Å². The maximum atomic E-state index is 13.6. The molecule has 0 N–H and O–H groups in total. The fourth-order valence-corrected chi connectivity index (χ4v) is 6.29. The van der Waals surface area contributed by atoms with E-state index in [4.69, 9.17) is 25.8 Å². The molecule has 0 spiro atoms. The number of ether oxygens (including phenoxy) is 3. The van der Waals surface area contributed by atoms with Crippen LogP contribution in [-0.2, 0) is 6.42 Å². The molecule has 1 aromatic heterocycles.